The molecule has 1 amide bonds. The second-order valence-electron chi connectivity index (χ2n) is 11.8. The van der Waals surface area contributed by atoms with E-state index in [0.29, 0.717) is 31.5 Å². The summed E-state index contributed by atoms with van der Waals surface area (Å²) in [5.41, 5.74) is -0.790. The van der Waals surface area contributed by atoms with E-state index in [1.54, 1.807) is 0 Å². The van der Waals surface area contributed by atoms with Crippen molar-refractivity contribution in [2.45, 2.75) is 50.5 Å². The molecule has 5 rings (SSSR count). The lowest BCUT2D eigenvalue weighted by atomic mass is 9.68. The Morgan fingerprint density at radius 1 is 1.07 bits per heavy atom. The highest BCUT2D eigenvalue weighted by molar-refractivity contribution is 5.82. The molecule has 2 aromatic rings. The van der Waals surface area contributed by atoms with Crippen molar-refractivity contribution in [2.75, 3.05) is 19.6 Å². The fraction of sp³-hybridized carbons (Fsp3) is 0.484. The van der Waals surface area contributed by atoms with Crippen molar-refractivity contribution in [3.05, 3.63) is 76.4 Å². The first-order chi connectivity index (χ1) is 19.7. The zero-order valence-electron chi connectivity index (χ0n) is 22.9. The average molecular weight is 595 g/mol. The van der Waals surface area contributed by atoms with Crippen molar-refractivity contribution in [3.63, 3.8) is 0 Å². The van der Waals surface area contributed by atoms with Gasteiger partial charge in [-0.1, -0.05) is 43.3 Å². The zero-order chi connectivity index (χ0) is 30.4. The molecule has 0 bridgehead atoms. The summed E-state index contributed by atoms with van der Waals surface area (Å²) in [6.45, 7) is 3.71. The number of nitrogens with zero attached hydrogens (tertiary/aromatic N) is 1. The molecule has 11 heteroatoms. The number of piperidine rings is 1. The molecule has 5 atom stereocenters. The molecule has 0 radical (unpaired) electrons. The van der Waals surface area contributed by atoms with E-state index in [9.17, 15) is 41.0 Å². The Labute approximate surface area is 239 Å². The van der Waals surface area contributed by atoms with Gasteiger partial charge in [-0.2, -0.15) is 26.3 Å². The van der Waals surface area contributed by atoms with Crippen LogP contribution in [0.3, 0.4) is 0 Å². The van der Waals surface area contributed by atoms with Crippen LogP contribution in [-0.2, 0) is 33.9 Å². The van der Waals surface area contributed by atoms with E-state index < -0.39 is 59.7 Å². The molecule has 1 saturated heterocycles. The highest BCUT2D eigenvalue weighted by atomic mass is 19.4. The van der Waals surface area contributed by atoms with Gasteiger partial charge in [-0.15, -0.1) is 0 Å². The van der Waals surface area contributed by atoms with E-state index in [-0.39, 0.29) is 23.0 Å². The number of carbonyl (C=O) groups is 2. The van der Waals surface area contributed by atoms with Crippen LogP contribution in [0.15, 0.2) is 48.5 Å². The molecule has 226 valence electrons. The molecule has 5 nitrogen and oxygen atoms in total. The number of benzene rings is 2. The first-order valence-corrected chi connectivity index (χ1v) is 14.0. The smallest absolute Gasteiger partial charge is 0.416 e. The van der Waals surface area contributed by atoms with Crippen LogP contribution < -0.4 is 5.32 Å². The van der Waals surface area contributed by atoms with Gasteiger partial charge in [0.05, 0.1) is 17.0 Å². The number of halogens is 6. The van der Waals surface area contributed by atoms with Gasteiger partial charge in [0.2, 0.25) is 5.91 Å². The zero-order valence-corrected chi connectivity index (χ0v) is 22.9. The summed E-state index contributed by atoms with van der Waals surface area (Å²) in [4.78, 5) is 27.0. The molecule has 1 spiro atoms. The van der Waals surface area contributed by atoms with Crippen molar-refractivity contribution in [1.82, 2.24) is 10.2 Å². The average Bonchev–Trinajstić information content (AvgIpc) is 3.63. The number of alkyl halides is 6. The summed E-state index contributed by atoms with van der Waals surface area (Å²) in [5.74, 6) is -3.16. The Morgan fingerprint density at radius 3 is 2.33 bits per heavy atom. The van der Waals surface area contributed by atoms with Gasteiger partial charge in [-0.3, -0.25) is 9.59 Å². The summed E-state index contributed by atoms with van der Waals surface area (Å²) in [6, 6.07) is 9.51. The van der Waals surface area contributed by atoms with Crippen LogP contribution in [-0.4, -0.2) is 41.5 Å². The summed E-state index contributed by atoms with van der Waals surface area (Å²) >= 11 is 0. The number of allylic oxidation sites excluding steroid dienone is 1. The monoisotopic (exact) mass is 594 g/mol. The molecular weight excluding hydrogens is 562 g/mol. The Bertz CT molecular complexity index is 1360. The van der Waals surface area contributed by atoms with E-state index in [4.69, 9.17) is 0 Å². The van der Waals surface area contributed by atoms with E-state index >= 15 is 0 Å². The fourth-order valence-corrected chi connectivity index (χ4v) is 6.72. The third-order valence-corrected chi connectivity index (χ3v) is 9.16. The molecule has 42 heavy (non-hydrogen) atoms. The second kappa shape index (κ2) is 11.1. The van der Waals surface area contributed by atoms with Crippen LogP contribution in [0.4, 0.5) is 26.3 Å². The van der Waals surface area contributed by atoms with Crippen LogP contribution in [0, 0.1) is 23.7 Å². The lowest BCUT2D eigenvalue weighted by Gasteiger charge is -2.44. The molecule has 2 fully saturated rings. The van der Waals surface area contributed by atoms with Gasteiger partial charge < -0.3 is 15.3 Å². The summed E-state index contributed by atoms with van der Waals surface area (Å²) < 4.78 is 79.5. The molecule has 3 unspecified atom stereocenters. The van der Waals surface area contributed by atoms with Gasteiger partial charge in [0.1, 0.15) is 0 Å². The lowest BCUT2D eigenvalue weighted by molar-refractivity contribution is -0.143. The van der Waals surface area contributed by atoms with Crippen LogP contribution in [0.5, 0.6) is 0 Å². The second-order valence-corrected chi connectivity index (χ2v) is 11.8. The van der Waals surface area contributed by atoms with E-state index in [1.165, 1.54) is 11.1 Å². The Hall–Kier alpha value is -3.34. The minimum atomic E-state index is -4.99. The SMILES string of the molecule is C[C@H]1CN(CCC(C(=O)NCc2cc(C(F)(F)F)cc(C(F)(F)F)c2)C2CC2C(=O)O)CC[C@@]12C=Cc1ccccc12. The minimum Gasteiger partial charge on any atom is -0.481 e. The van der Waals surface area contributed by atoms with E-state index in [0.717, 1.165) is 19.5 Å². The standard InChI is InChI=1S/C31H32F6N2O3/c1-18-17-39(11-9-29(18)8-6-20-4-2-3-5-26(20)29)10-7-23(24-15-25(24)28(41)42)27(40)38-16-19-12-21(30(32,33)34)14-22(13-19)31(35,36)37/h2-6,8,12-14,18,23-25H,7,9-11,15-17H2,1H3,(H,38,40)(H,41,42)/t18-,23?,24?,25?,29-/m0/s1. The van der Waals surface area contributed by atoms with E-state index in [1.807, 2.05) is 12.1 Å². The van der Waals surface area contributed by atoms with Gasteiger partial charge in [0.15, 0.2) is 0 Å². The van der Waals surface area contributed by atoms with Crippen molar-refractivity contribution < 1.29 is 41.0 Å². The van der Waals surface area contributed by atoms with Gasteiger partial charge >= 0.3 is 18.3 Å². The van der Waals surface area contributed by atoms with Crippen molar-refractivity contribution in [1.29, 1.82) is 0 Å². The number of hydrogen-bond donors (Lipinski definition) is 2. The third-order valence-electron chi connectivity index (χ3n) is 9.16. The number of nitrogens with one attached hydrogen (secondary N) is 1. The maximum Gasteiger partial charge on any atom is 0.416 e. The molecule has 2 aliphatic carbocycles. The molecule has 2 aromatic carbocycles. The van der Waals surface area contributed by atoms with Gasteiger partial charge in [0.25, 0.3) is 0 Å². The summed E-state index contributed by atoms with van der Waals surface area (Å²) in [5, 5.41) is 12.0. The Kier molecular flexibility index (Phi) is 7.93. The predicted molar refractivity (Wildman–Crippen MR) is 143 cm³/mol. The number of hydrogen-bond acceptors (Lipinski definition) is 3. The third kappa shape index (κ3) is 6.07. The molecule has 3 aliphatic rings. The van der Waals surface area contributed by atoms with Crippen LogP contribution in [0.2, 0.25) is 0 Å². The van der Waals surface area contributed by atoms with Crippen molar-refractivity contribution >= 4 is 18.0 Å². The number of carbonyl (C=O) groups excluding carboxylic acids is 1. The lowest BCUT2D eigenvalue weighted by Crippen LogP contribution is -2.48. The minimum absolute atomic E-state index is 0.0412. The van der Waals surface area contributed by atoms with Gasteiger partial charge in [-0.25, -0.2) is 0 Å². The first kappa shape index (κ1) is 30.1. The van der Waals surface area contributed by atoms with Crippen molar-refractivity contribution in [2.24, 2.45) is 23.7 Å². The number of carboxylic acids is 1. The van der Waals surface area contributed by atoms with Crippen LogP contribution >= 0.6 is 0 Å². The summed E-state index contributed by atoms with van der Waals surface area (Å²) in [7, 11) is 0. The maximum absolute atomic E-state index is 13.3. The molecule has 1 heterocycles. The Morgan fingerprint density at radius 2 is 1.74 bits per heavy atom. The van der Waals surface area contributed by atoms with Gasteiger partial charge in [-0.05, 0) is 79.1 Å². The normalized spacial score (nSPS) is 26.2. The van der Waals surface area contributed by atoms with Crippen molar-refractivity contribution in [3.8, 4) is 0 Å². The molecule has 1 saturated carbocycles. The Balaban J connectivity index is 1.25. The molecule has 1 aliphatic heterocycles. The molecule has 0 aromatic heterocycles. The highest BCUT2D eigenvalue weighted by Crippen LogP contribution is 2.48. The first-order valence-electron chi connectivity index (χ1n) is 14.0. The molecular formula is C31H32F6N2O3. The number of likely N-dealkylation sites (tertiary alicyclic amines) is 1. The predicted octanol–water partition coefficient (Wildman–Crippen LogP) is 6.37. The number of amides is 1. The van der Waals surface area contributed by atoms with Crippen LogP contribution in [0.25, 0.3) is 6.08 Å². The fourth-order valence-electron chi connectivity index (χ4n) is 6.72. The highest BCUT2D eigenvalue weighted by Gasteiger charge is 2.50. The van der Waals surface area contributed by atoms with Crippen LogP contribution in [0.1, 0.15) is 54.0 Å². The number of aliphatic carboxylic acids is 1. The largest absolute Gasteiger partial charge is 0.481 e. The topological polar surface area (TPSA) is 69.6 Å². The number of rotatable bonds is 8. The number of fused-ring (bicyclic) bond motifs is 2. The quantitative estimate of drug-likeness (QED) is 0.349. The van der Waals surface area contributed by atoms with E-state index in [2.05, 4.69) is 41.4 Å². The molecule has 2 N–H and O–H groups in total. The summed E-state index contributed by atoms with van der Waals surface area (Å²) in [6.07, 6.45) is -4.04. The van der Waals surface area contributed by atoms with Gasteiger partial charge in [0, 0.05) is 24.4 Å². The number of carboxylic acid groups (broad SMARTS) is 1. The maximum atomic E-state index is 13.3.